The van der Waals surface area contributed by atoms with Gasteiger partial charge in [-0.2, -0.15) is 4.73 Å². The maximum absolute atomic E-state index is 12.1. The molecule has 0 aliphatic rings. The van der Waals surface area contributed by atoms with Gasteiger partial charge in [0.05, 0.1) is 14.2 Å². The molecule has 120 valence electrons. The minimum atomic E-state index is -0.866. The number of hydrogen-bond acceptors (Lipinski definition) is 6. The van der Waals surface area contributed by atoms with E-state index in [1.165, 1.54) is 50.7 Å². The number of carbonyl (C=O) groups is 2. The van der Waals surface area contributed by atoms with Gasteiger partial charge < -0.3 is 19.4 Å². The van der Waals surface area contributed by atoms with Crippen molar-refractivity contribution < 1.29 is 28.5 Å². The number of nitrogens with zero attached hydrogens (tertiary/aromatic N) is 1. The highest BCUT2D eigenvalue weighted by Gasteiger charge is 2.19. The minimum absolute atomic E-state index is 0.187. The number of rotatable bonds is 6. The number of pyridine rings is 1. The van der Waals surface area contributed by atoms with Crippen molar-refractivity contribution in [3.05, 3.63) is 59.1 Å². The first-order valence-corrected chi connectivity index (χ1v) is 6.67. The maximum atomic E-state index is 12.1. The van der Waals surface area contributed by atoms with Gasteiger partial charge in [0.2, 0.25) is 0 Å². The van der Waals surface area contributed by atoms with Gasteiger partial charge in [0, 0.05) is 17.7 Å². The van der Waals surface area contributed by atoms with Crippen molar-refractivity contribution >= 4 is 11.8 Å². The van der Waals surface area contributed by atoms with Gasteiger partial charge in [-0.3, -0.25) is 4.79 Å². The van der Waals surface area contributed by atoms with E-state index in [9.17, 15) is 14.8 Å². The van der Waals surface area contributed by atoms with Crippen molar-refractivity contribution in [2.45, 2.75) is 0 Å². The first-order chi connectivity index (χ1) is 11.1. The summed E-state index contributed by atoms with van der Waals surface area (Å²) in [5.41, 5.74) is 0.117. The van der Waals surface area contributed by atoms with Crippen molar-refractivity contribution in [3.8, 4) is 11.5 Å². The quantitative estimate of drug-likeness (QED) is 0.346. The highest BCUT2D eigenvalue weighted by atomic mass is 16.5. The summed E-state index contributed by atoms with van der Waals surface area (Å²) in [6, 6.07) is 8.94. The molecule has 1 heterocycles. The fourth-order valence-electron chi connectivity index (χ4n) is 1.88. The molecular formula is C16H15NO6. The Morgan fingerprint density at radius 1 is 1.09 bits per heavy atom. The molecule has 2 aromatic rings. The lowest BCUT2D eigenvalue weighted by atomic mass is 10.1. The number of aromatic nitrogens is 1. The van der Waals surface area contributed by atoms with Gasteiger partial charge >= 0.3 is 11.7 Å². The molecule has 0 N–H and O–H groups in total. The Morgan fingerprint density at radius 2 is 1.83 bits per heavy atom. The fraction of sp³-hybridized carbons (Fsp3) is 0.188. The largest absolute Gasteiger partial charge is 0.618 e. The van der Waals surface area contributed by atoms with Crippen LogP contribution in [0, 0.1) is 5.21 Å². The molecule has 0 unspecified atom stereocenters. The molecule has 0 amide bonds. The molecule has 23 heavy (non-hydrogen) atoms. The Labute approximate surface area is 132 Å². The predicted octanol–water partition coefficient (Wildman–Crippen LogP) is 1.38. The molecule has 0 bridgehead atoms. The van der Waals surface area contributed by atoms with E-state index in [1.807, 2.05) is 0 Å². The molecule has 0 radical (unpaired) electrons. The number of Topliss-reactive ketones (excluding diaryl/α,β-unsaturated/α-hetero) is 1. The van der Waals surface area contributed by atoms with Crippen LogP contribution in [0.2, 0.25) is 0 Å². The molecular weight excluding hydrogens is 302 g/mol. The van der Waals surface area contributed by atoms with Crippen molar-refractivity contribution in [2.24, 2.45) is 0 Å². The van der Waals surface area contributed by atoms with E-state index in [2.05, 4.69) is 0 Å². The summed E-state index contributed by atoms with van der Waals surface area (Å²) >= 11 is 0. The highest BCUT2D eigenvalue weighted by Crippen LogP contribution is 2.27. The summed E-state index contributed by atoms with van der Waals surface area (Å²) in [5.74, 6) is -0.412. The molecule has 1 aromatic heterocycles. The smallest absolute Gasteiger partial charge is 0.405 e. The van der Waals surface area contributed by atoms with Crippen LogP contribution in [0.4, 0.5) is 0 Å². The molecule has 7 nitrogen and oxygen atoms in total. The van der Waals surface area contributed by atoms with E-state index >= 15 is 0 Å². The fourth-order valence-corrected chi connectivity index (χ4v) is 1.88. The average molecular weight is 317 g/mol. The summed E-state index contributed by atoms with van der Waals surface area (Å²) in [4.78, 5) is 23.9. The summed E-state index contributed by atoms with van der Waals surface area (Å²) in [6.07, 6.45) is 1.17. The van der Waals surface area contributed by atoms with Crippen LogP contribution in [0.3, 0.4) is 0 Å². The Bertz CT molecular complexity index is 728. The molecule has 0 atom stereocenters. The second-order valence-corrected chi connectivity index (χ2v) is 4.48. The topological polar surface area (TPSA) is 88.8 Å². The summed E-state index contributed by atoms with van der Waals surface area (Å²) < 4.78 is 15.4. The van der Waals surface area contributed by atoms with Crippen LogP contribution >= 0.6 is 0 Å². The minimum Gasteiger partial charge on any atom is -0.618 e. The lowest BCUT2D eigenvalue weighted by Crippen LogP contribution is -2.35. The number of methoxy groups -OCH3 is 2. The van der Waals surface area contributed by atoms with Gasteiger partial charge in [-0.25, -0.2) is 4.79 Å². The predicted molar refractivity (Wildman–Crippen MR) is 79.6 cm³/mol. The number of ketones is 1. The number of esters is 1. The van der Waals surface area contributed by atoms with E-state index in [1.54, 1.807) is 6.07 Å². The van der Waals surface area contributed by atoms with Crippen LogP contribution < -0.4 is 14.2 Å². The van der Waals surface area contributed by atoms with Gasteiger partial charge in [-0.05, 0) is 24.3 Å². The van der Waals surface area contributed by atoms with Crippen LogP contribution in [0.5, 0.6) is 11.5 Å². The highest BCUT2D eigenvalue weighted by molar-refractivity contribution is 5.99. The van der Waals surface area contributed by atoms with Crippen LogP contribution in [0.15, 0.2) is 42.6 Å². The standard InChI is InChI=1S/C16H15NO6/c1-21-14-7-6-11(9-15(14)22-2)13(18)10-23-16(19)12-5-3-4-8-17(12)20/h3-9H,10H2,1-2H3. The van der Waals surface area contributed by atoms with Crippen molar-refractivity contribution in [2.75, 3.05) is 20.8 Å². The van der Waals surface area contributed by atoms with Gasteiger partial charge in [0.15, 0.2) is 30.1 Å². The maximum Gasteiger partial charge on any atom is 0.405 e. The zero-order valence-corrected chi connectivity index (χ0v) is 12.6. The Balaban J connectivity index is 2.05. The van der Waals surface area contributed by atoms with Gasteiger partial charge in [0.1, 0.15) is 0 Å². The van der Waals surface area contributed by atoms with Crippen LogP contribution in [-0.4, -0.2) is 32.6 Å². The molecule has 0 aliphatic heterocycles. The zero-order chi connectivity index (χ0) is 16.8. The third-order valence-corrected chi connectivity index (χ3v) is 3.07. The first kappa shape index (κ1) is 16.3. The van der Waals surface area contributed by atoms with Crippen LogP contribution in [-0.2, 0) is 4.74 Å². The lowest BCUT2D eigenvalue weighted by molar-refractivity contribution is -0.608. The molecule has 0 aliphatic carbocycles. The van der Waals surface area contributed by atoms with E-state index in [4.69, 9.17) is 14.2 Å². The summed E-state index contributed by atoms with van der Waals surface area (Å²) in [7, 11) is 2.94. The van der Waals surface area contributed by atoms with Crippen LogP contribution in [0.25, 0.3) is 0 Å². The van der Waals surface area contributed by atoms with Crippen LogP contribution in [0.1, 0.15) is 20.8 Å². The zero-order valence-electron chi connectivity index (χ0n) is 12.6. The molecule has 0 saturated carbocycles. The molecule has 1 aromatic carbocycles. The summed E-state index contributed by atoms with van der Waals surface area (Å²) in [6.45, 7) is -0.483. The Kier molecular flexibility index (Phi) is 5.14. The SMILES string of the molecule is COc1ccc(C(=O)COC(=O)c2cccc[n+]2[O-])cc1OC. The number of ether oxygens (including phenoxy) is 3. The van der Waals surface area contributed by atoms with Crippen molar-refractivity contribution in [1.82, 2.24) is 0 Å². The van der Waals surface area contributed by atoms with Gasteiger partial charge in [0.25, 0.3) is 0 Å². The van der Waals surface area contributed by atoms with Crippen molar-refractivity contribution in [3.63, 3.8) is 0 Å². The van der Waals surface area contributed by atoms with Crippen molar-refractivity contribution in [1.29, 1.82) is 0 Å². The number of benzene rings is 1. The van der Waals surface area contributed by atoms with E-state index in [0.717, 1.165) is 0 Å². The molecule has 0 spiro atoms. The number of hydrogen-bond donors (Lipinski definition) is 0. The summed E-state index contributed by atoms with van der Waals surface area (Å²) in [5, 5.41) is 11.4. The van der Waals surface area contributed by atoms with E-state index < -0.39 is 18.4 Å². The first-order valence-electron chi connectivity index (χ1n) is 6.67. The average Bonchev–Trinajstić information content (AvgIpc) is 2.59. The van der Waals surface area contributed by atoms with E-state index in [0.29, 0.717) is 21.8 Å². The van der Waals surface area contributed by atoms with E-state index in [-0.39, 0.29) is 5.69 Å². The third-order valence-electron chi connectivity index (χ3n) is 3.07. The molecule has 7 heteroatoms. The lowest BCUT2D eigenvalue weighted by Gasteiger charge is -2.09. The Hall–Kier alpha value is -3.09. The third kappa shape index (κ3) is 3.76. The second-order valence-electron chi connectivity index (χ2n) is 4.48. The molecule has 0 fully saturated rings. The second kappa shape index (κ2) is 7.26. The molecule has 0 saturated heterocycles. The monoisotopic (exact) mass is 317 g/mol. The van der Waals surface area contributed by atoms with Gasteiger partial charge in [-0.15, -0.1) is 0 Å². The number of carbonyl (C=O) groups excluding carboxylic acids is 2. The Morgan fingerprint density at radius 3 is 2.48 bits per heavy atom. The normalized spacial score (nSPS) is 10.0. The van der Waals surface area contributed by atoms with Gasteiger partial charge in [-0.1, -0.05) is 0 Å². The molecule has 2 rings (SSSR count).